The van der Waals surface area contributed by atoms with E-state index in [1.165, 1.54) is 0 Å². The van der Waals surface area contributed by atoms with Gasteiger partial charge in [0.25, 0.3) is 0 Å². The van der Waals surface area contributed by atoms with E-state index in [2.05, 4.69) is 19.5 Å². The van der Waals surface area contributed by atoms with Crippen molar-refractivity contribution in [2.24, 2.45) is 0 Å². The molecule has 6 aromatic rings. The van der Waals surface area contributed by atoms with Crippen LogP contribution in [0, 0.1) is 23.2 Å². The van der Waals surface area contributed by atoms with Gasteiger partial charge < -0.3 is 19.3 Å². The molecule has 0 aromatic heterocycles. The minimum atomic E-state index is -3.41. The summed E-state index contributed by atoms with van der Waals surface area (Å²) >= 11 is 0. The van der Waals surface area contributed by atoms with Gasteiger partial charge in [0, 0.05) is 33.3 Å². The summed E-state index contributed by atoms with van der Waals surface area (Å²) in [6.45, 7) is 4.23. The standard InChI is InChI=1S/C15H16O2.C14H9O2P.C13H8NO2P/c1-15(2,11-3-7-13(16)8-4-11)12-5-9-14(17)10-6-12;1-2-17(15)14-10-6-4-8-12(14)11-7-3-5-9-13(11)16-17;14-9-17(15)13-8-4-2-6-11(13)10-5-1-3-7-12(10)16-17/h3-10,16-17H,1-2H3;1,3-10H;1-8H. The monoisotopic (exact) mass is 709 g/mol. The first kappa shape index (κ1) is 34.9. The number of para-hydroxylation sites is 2. The molecule has 0 fully saturated rings. The SMILES string of the molecule is C#CP1(=O)Oc2ccccc2-c2ccccc21.CC(C)(c1ccc(O)cc1)c1ccc(O)cc1.N#CP1(=O)Oc2ccccc2-c2ccccc21. The smallest absolute Gasteiger partial charge is 0.375 e. The molecule has 2 aliphatic rings. The normalized spacial score (nSPS) is 17.6. The van der Waals surface area contributed by atoms with Crippen molar-refractivity contribution in [2.45, 2.75) is 19.3 Å². The van der Waals surface area contributed by atoms with Gasteiger partial charge in [0.05, 0.1) is 10.6 Å². The number of rotatable bonds is 2. The van der Waals surface area contributed by atoms with Gasteiger partial charge in [0.15, 0.2) is 5.81 Å². The highest BCUT2D eigenvalue weighted by Crippen LogP contribution is 2.54. The molecular weight excluding hydrogens is 676 g/mol. The van der Waals surface area contributed by atoms with E-state index >= 15 is 0 Å². The molecule has 2 N–H and O–H groups in total. The van der Waals surface area contributed by atoms with Crippen molar-refractivity contribution in [3.05, 3.63) is 157 Å². The Morgan fingerprint density at radius 1 is 0.549 bits per heavy atom. The van der Waals surface area contributed by atoms with E-state index in [0.717, 1.165) is 33.4 Å². The highest BCUT2D eigenvalue weighted by atomic mass is 31.2. The first-order valence-electron chi connectivity index (χ1n) is 15.9. The van der Waals surface area contributed by atoms with Gasteiger partial charge in [0.1, 0.15) is 23.0 Å². The molecule has 9 heteroatoms. The number of nitriles is 1. The van der Waals surface area contributed by atoms with E-state index in [0.29, 0.717) is 22.1 Å². The Hall–Kier alpha value is -5.97. The molecule has 0 saturated carbocycles. The fourth-order valence-electron chi connectivity index (χ4n) is 5.92. The number of fused-ring (bicyclic) bond motifs is 6. The summed E-state index contributed by atoms with van der Waals surface area (Å²) in [5.74, 6) is 3.46. The predicted molar refractivity (Wildman–Crippen MR) is 202 cm³/mol. The largest absolute Gasteiger partial charge is 0.508 e. The molecule has 0 bridgehead atoms. The van der Waals surface area contributed by atoms with Crippen LogP contribution in [0.15, 0.2) is 146 Å². The molecule has 0 spiro atoms. The lowest BCUT2D eigenvalue weighted by Crippen LogP contribution is -2.18. The van der Waals surface area contributed by atoms with Crippen molar-refractivity contribution in [1.82, 2.24) is 0 Å². The van der Waals surface area contributed by atoms with Gasteiger partial charge in [-0.2, -0.15) is 5.26 Å². The van der Waals surface area contributed by atoms with Gasteiger partial charge in [-0.05, 0) is 59.7 Å². The fraction of sp³-hybridized carbons (Fsp3) is 0.0714. The molecule has 252 valence electrons. The van der Waals surface area contributed by atoms with Gasteiger partial charge in [-0.3, -0.25) is 9.13 Å². The maximum Gasteiger partial charge on any atom is 0.375 e. The van der Waals surface area contributed by atoms with E-state index in [1.54, 1.807) is 60.7 Å². The second-order valence-corrected chi connectivity index (χ2v) is 16.3. The number of phenols is 2. The highest BCUT2D eigenvalue weighted by molar-refractivity contribution is 7.72. The predicted octanol–water partition coefficient (Wildman–Crippen LogP) is 9.79. The average molecular weight is 710 g/mol. The minimum absolute atomic E-state index is 0.151. The van der Waals surface area contributed by atoms with Crippen LogP contribution in [0.1, 0.15) is 25.0 Å². The molecular formula is C42H33NO6P2. The maximum atomic E-state index is 12.5. The molecule has 2 unspecified atom stereocenters. The number of nitrogens with zero attached hydrogens (tertiary/aromatic N) is 1. The second kappa shape index (κ2) is 14.1. The van der Waals surface area contributed by atoms with E-state index in [4.69, 9.17) is 20.7 Å². The van der Waals surface area contributed by atoms with Crippen molar-refractivity contribution >= 4 is 25.3 Å². The molecule has 0 saturated heterocycles. The third-order valence-corrected chi connectivity index (χ3v) is 12.3. The van der Waals surface area contributed by atoms with Crippen LogP contribution in [0.4, 0.5) is 0 Å². The Labute approximate surface area is 297 Å². The molecule has 2 aliphatic heterocycles. The lowest BCUT2D eigenvalue weighted by molar-refractivity contribution is 0.474. The summed E-state index contributed by atoms with van der Waals surface area (Å²) < 4.78 is 35.8. The van der Waals surface area contributed by atoms with Crippen LogP contribution in [0.3, 0.4) is 0 Å². The molecule has 2 heterocycles. The van der Waals surface area contributed by atoms with Gasteiger partial charge >= 0.3 is 14.7 Å². The first-order chi connectivity index (χ1) is 24.5. The lowest BCUT2D eigenvalue weighted by atomic mass is 9.78. The van der Waals surface area contributed by atoms with Crippen molar-refractivity contribution in [3.63, 3.8) is 0 Å². The zero-order valence-corrected chi connectivity index (χ0v) is 29.6. The first-order valence-corrected chi connectivity index (χ1v) is 19.2. The third-order valence-electron chi connectivity index (χ3n) is 8.73. The molecule has 7 nitrogen and oxygen atoms in total. The van der Waals surface area contributed by atoms with Crippen LogP contribution in [-0.2, 0) is 14.5 Å². The Morgan fingerprint density at radius 2 is 0.902 bits per heavy atom. The fourth-order valence-corrected chi connectivity index (χ4v) is 8.92. The van der Waals surface area contributed by atoms with E-state index in [9.17, 15) is 19.3 Å². The van der Waals surface area contributed by atoms with Gasteiger partial charge in [0.2, 0.25) is 0 Å². The van der Waals surface area contributed by atoms with Crippen LogP contribution in [0.25, 0.3) is 22.3 Å². The van der Waals surface area contributed by atoms with E-state index in [-0.39, 0.29) is 16.9 Å². The lowest BCUT2D eigenvalue weighted by Gasteiger charge is -2.26. The summed E-state index contributed by atoms with van der Waals surface area (Å²) in [4.78, 5) is 0. The molecule has 0 aliphatic carbocycles. The zero-order valence-electron chi connectivity index (χ0n) is 27.8. The second-order valence-electron chi connectivity index (χ2n) is 12.3. The van der Waals surface area contributed by atoms with Crippen LogP contribution in [-0.4, -0.2) is 10.2 Å². The Balaban J connectivity index is 0.000000132. The third kappa shape index (κ3) is 6.92. The molecule has 0 radical (unpaired) electrons. The van der Waals surface area contributed by atoms with E-state index in [1.807, 2.05) is 90.7 Å². The van der Waals surface area contributed by atoms with Crippen molar-refractivity contribution < 1.29 is 28.4 Å². The van der Waals surface area contributed by atoms with Gasteiger partial charge in [-0.25, -0.2) is 0 Å². The topological polar surface area (TPSA) is 117 Å². The van der Waals surface area contributed by atoms with Crippen LogP contribution < -0.4 is 19.7 Å². The summed E-state index contributed by atoms with van der Waals surface area (Å²) in [6, 6.07) is 43.8. The Kier molecular flexibility index (Phi) is 9.64. The molecule has 2 atom stereocenters. The summed E-state index contributed by atoms with van der Waals surface area (Å²) in [7, 11) is -6.60. The van der Waals surface area contributed by atoms with Gasteiger partial charge in [-0.1, -0.05) is 111 Å². The van der Waals surface area contributed by atoms with Crippen LogP contribution >= 0.6 is 14.7 Å². The number of hydrogen-bond acceptors (Lipinski definition) is 7. The summed E-state index contributed by atoms with van der Waals surface area (Å²) in [5.41, 5.74) is 7.94. The number of terminal acetylenes is 1. The Morgan fingerprint density at radius 3 is 1.31 bits per heavy atom. The minimum Gasteiger partial charge on any atom is -0.508 e. The number of aromatic hydroxyl groups is 2. The number of benzene rings is 6. The Bertz CT molecular complexity index is 2240. The highest BCUT2D eigenvalue weighted by Gasteiger charge is 2.36. The van der Waals surface area contributed by atoms with Crippen molar-refractivity contribution in [1.29, 1.82) is 5.26 Å². The average Bonchev–Trinajstić information content (AvgIpc) is 3.16. The van der Waals surface area contributed by atoms with Gasteiger partial charge in [-0.15, -0.1) is 6.42 Å². The molecule has 0 amide bonds. The number of phenolic OH excluding ortho intramolecular Hbond substituents is 2. The van der Waals surface area contributed by atoms with Crippen molar-refractivity contribution in [2.75, 3.05) is 0 Å². The number of hydrogen-bond donors (Lipinski definition) is 2. The van der Waals surface area contributed by atoms with E-state index < -0.39 is 14.7 Å². The zero-order chi connectivity index (χ0) is 36.2. The molecule has 51 heavy (non-hydrogen) atoms. The van der Waals surface area contributed by atoms with Crippen LogP contribution in [0.5, 0.6) is 23.0 Å². The van der Waals surface area contributed by atoms with Crippen LogP contribution in [0.2, 0.25) is 0 Å². The summed E-state index contributed by atoms with van der Waals surface area (Å²) in [5, 5.41) is 28.8. The quantitative estimate of drug-likeness (QED) is 0.136. The maximum absolute atomic E-state index is 12.5. The molecule has 8 rings (SSSR count). The van der Waals surface area contributed by atoms with Crippen molar-refractivity contribution in [3.8, 4) is 63.1 Å². The molecule has 6 aromatic carbocycles. The summed E-state index contributed by atoms with van der Waals surface area (Å²) in [6.07, 6.45) is 5.37.